The lowest BCUT2D eigenvalue weighted by Gasteiger charge is -2.24. The molecule has 1 unspecified atom stereocenters. The molecule has 1 aromatic carbocycles. The van der Waals surface area contributed by atoms with Crippen molar-refractivity contribution in [1.29, 1.82) is 0 Å². The molecule has 2 amide bonds. The summed E-state index contributed by atoms with van der Waals surface area (Å²) in [6.45, 7) is 9.21. The van der Waals surface area contributed by atoms with Crippen molar-refractivity contribution in [2.45, 2.75) is 20.3 Å². The first kappa shape index (κ1) is 16.6. The summed E-state index contributed by atoms with van der Waals surface area (Å²) in [6.07, 6.45) is 0.233. The minimum absolute atomic E-state index is 0.00778. The van der Waals surface area contributed by atoms with Crippen LogP contribution in [-0.2, 0) is 9.59 Å². The quantitative estimate of drug-likeness (QED) is 0.782. The molecule has 0 aromatic heterocycles. The van der Waals surface area contributed by atoms with Crippen LogP contribution in [0, 0.1) is 5.92 Å². The van der Waals surface area contributed by atoms with Crippen LogP contribution in [0.2, 0.25) is 5.02 Å². The van der Waals surface area contributed by atoms with Gasteiger partial charge in [-0.2, -0.15) is 0 Å². The van der Waals surface area contributed by atoms with Crippen molar-refractivity contribution in [3.05, 3.63) is 41.4 Å². The van der Waals surface area contributed by atoms with Crippen molar-refractivity contribution < 1.29 is 9.59 Å². The molecule has 0 radical (unpaired) electrons. The Labute approximate surface area is 136 Å². The molecule has 1 aliphatic rings. The third kappa shape index (κ3) is 3.50. The maximum Gasteiger partial charge on any atom is 0.228 e. The lowest BCUT2D eigenvalue weighted by atomic mass is 10.1. The fourth-order valence-corrected chi connectivity index (χ4v) is 2.94. The first-order valence-corrected chi connectivity index (χ1v) is 7.79. The van der Waals surface area contributed by atoms with E-state index in [1.807, 2.05) is 26.0 Å². The van der Waals surface area contributed by atoms with Gasteiger partial charge in [0, 0.05) is 26.1 Å². The van der Waals surface area contributed by atoms with Gasteiger partial charge in [0.2, 0.25) is 11.8 Å². The molecule has 1 atom stereocenters. The summed E-state index contributed by atoms with van der Waals surface area (Å²) in [5, 5.41) is 0.526. The van der Waals surface area contributed by atoms with Crippen LogP contribution < -0.4 is 4.90 Å². The molecular formula is C17H21ClN2O2. The zero-order valence-corrected chi connectivity index (χ0v) is 13.8. The van der Waals surface area contributed by atoms with Gasteiger partial charge in [-0.25, -0.2) is 0 Å². The fraction of sp³-hybridized carbons (Fsp3) is 0.412. The highest BCUT2D eigenvalue weighted by atomic mass is 35.5. The molecule has 0 saturated carbocycles. The lowest BCUT2D eigenvalue weighted by Crippen LogP contribution is -2.38. The molecule has 1 aliphatic heterocycles. The molecule has 2 rings (SSSR count). The predicted molar refractivity (Wildman–Crippen MR) is 89.0 cm³/mol. The van der Waals surface area contributed by atoms with Crippen LogP contribution in [0.4, 0.5) is 5.69 Å². The maximum absolute atomic E-state index is 12.6. The molecule has 5 heteroatoms. The van der Waals surface area contributed by atoms with Crippen LogP contribution >= 0.6 is 11.6 Å². The zero-order chi connectivity index (χ0) is 16.3. The Balaban J connectivity index is 2.13. The second-order valence-electron chi connectivity index (χ2n) is 5.67. The van der Waals surface area contributed by atoms with Crippen LogP contribution in [0.15, 0.2) is 36.4 Å². The Morgan fingerprint density at radius 1 is 1.45 bits per heavy atom. The maximum atomic E-state index is 12.6. The molecule has 118 valence electrons. The van der Waals surface area contributed by atoms with Gasteiger partial charge in [-0.05, 0) is 26.0 Å². The van der Waals surface area contributed by atoms with E-state index >= 15 is 0 Å². The molecule has 22 heavy (non-hydrogen) atoms. The van der Waals surface area contributed by atoms with Gasteiger partial charge in [-0.15, -0.1) is 0 Å². The smallest absolute Gasteiger partial charge is 0.228 e. The van der Waals surface area contributed by atoms with Gasteiger partial charge < -0.3 is 9.80 Å². The van der Waals surface area contributed by atoms with E-state index in [2.05, 4.69) is 6.58 Å². The minimum atomic E-state index is -0.317. The molecule has 0 N–H and O–H groups in total. The number of nitrogens with zero attached hydrogens (tertiary/aromatic N) is 2. The number of carbonyl (C=O) groups is 2. The summed E-state index contributed by atoms with van der Waals surface area (Å²) in [6, 6.07) is 7.21. The highest BCUT2D eigenvalue weighted by Gasteiger charge is 2.37. The minimum Gasteiger partial charge on any atom is -0.339 e. The Hall–Kier alpha value is -1.81. The number of carbonyl (C=O) groups excluding carboxylic acids is 2. The lowest BCUT2D eigenvalue weighted by molar-refractivity contribution is -0.135. The van der Waals surface area contributed by atoms with E-state index < -0.39 is 0 Å². The molecule has 1 aromatic rings. The van der Waals surface area contributed by atoms with Gasteiger partial charge in [0.25, 0.3) is 0 Å². The largest absolute Gasteiger partial charge is 0.339 e. The number of halogens is 1. The number of hydrogen-bond acceptors (Lipinski definition) is 2. The molecule has 1 heterocycles. The third-order valence-corrected chi connectivity index (χ3v) is 4.09. The van der Waals surface area contributed by atoms with E-state index in [0.29, 0.717) is 30.3 Å². The van der Waals surface area contributed by atoms with E-state index in [-0.39, 0.29) is 24.2 Å². The van der Waals surface area contributed by atoms with E-state index in [1.54, 1.807) is 21.9 Å². The highest BCUT2D eigenvalue weighted by molar-refractivity contribution is 6.33. The van der Waals surface area contributed by atoms with Gasteiger partial charge >= 0.3 is 0 Å². The Bertz CT molecular complexity index is 600. The van der Waals surface area contributed by atoms with Gasteiger partial charge in [0.1, 0.15) is 0 Å². The first-order valence-electron chi connectivity index (χ1n) is 7.42. The van der Waals surface area contributed by atoms with Crippen LogP contribution in [0.25, 0.3) is 0 Å². The normalized spacial score (nSPS) is 17.7. The number of para-hydroxylation sites is 1. The average molecular weight is 321 g/mol. The average Bonchev–Trinajstić information content (AvgIpc) is 2.86. The molecule has 1 fully saturated rings. The third-order valence-electron chi connectivity index (χ3n) is 3.77. The van der Waals surface area contributed by atoms with Crippen LogP contribution in [-0.4, -0.2) is 36.3 Å². The zero-order valence-electron chi connectivity index (χ0n) is 13.0. The summed E-state index contributed by atoms with van der Waals surface area (Å²) < 4.78 is 0. The molecule has 1 saturated heterocycles. The highest BCUT2D eigenvalue weighted by Crippen LogP contribution is 2.31. The van der Waals surface area contributed by atoms with Crippen molar-refractivity contribution in [1.82, 2.24) is 4.90 Å². The topological polar surface area (TPSA) is 40.6 Å². The molecule has 0 spiro atoms. The van der Waals surface area contributed by atoms with Crippen molar-refractivity contribution in [3.63, 3.8) is 0 Å². The van der Waals surface area contributed by atoms with Gasteiger partial charge in [-0.3, -0.25) is 9.59 Å². The summed E-state index contributed by atoms with van der Waals surface area (Å²) >= 11 is 6.15. The van der Waals surface area contributed by atoms with Crippen LogP contribution in [0.5, 0.6) is 0 Å². The standard InChI is InChI=1S/C17H21ClN2O2/c1-4-19(10-12(2)3)17(22)13-9-16(21)20(11-13)15-8-6-5-7-14(15)18/h5-8,13H,2,4,9-11H2,1,3H3. The van der Waals surface area contributed by atoms with Gasteiger partial charge in [0.15, 0.2) is 0 Å². The SMILES string of the molecule is C=C(C)CN(CC)C(=O)C1CC(=O)N(c2ccccc2Cl)C1. The van der Waals surface area contributed by atoms with Crippen molar-refractivity contribution in [2.75, 3.05) is 24.5 Å². The van der Waals surface area contributed by atoms with Crippen LogP contribution in [0.3, 0.4) is 0 Å². The number of likely N-dealkylation sites (N-methyl/N-ethyl adjacent to an activating group) is 1. The Kier molecular flexibility index (Phi) is 5.24. The first-order chi connectivity index (χ1) is 10.4. The Morgan fingerprint density at radius 3 is 2.73 bits per heavy atom. The van der Waals surface area contributed by atoms with Crippen molar-refractivity contribution in [3.8, 4) is 0 Å². The molecular weight excluding hydrogens is 300 g/mol. The number of hydrogen-bond donors (Lipinski definition) is 0. The van der Waals surface area contributed by atoms with E-state index in [0.717, 1.165) is 5.57 Å². The van der Waals surface area contributed by atoms with E-state index in [9.17, 15) is 9.59 Å². The van der Waals surface area contributed by atoms with Gasteiger partial charge in [0.05, 0.1) is 16.6 Å². The Morgan fingerprint density at radius 2 is 2.14 bits per heavy atom. The number of rotatable bonds is 5. The summed E-state index contributed by atoms with van der Waals surface area (Å²) in [5.74, 6) is -0.366. The number of benzene rings is 1. The van der Waals surface area contributed by atoms with E-state index in [1.165, 1.54) is 0 Å². The van der Waals surface area contributed by atoms with Gasteiger partial charge in [-0.1, -0.05) is 35.9 Å². The molecule has 0 bridgehead atoms. The second-order valence-corrected chi connectivity index (χ2v) is 6.07. The van der Waals surface area contributed by atoms with E-state index in [4.69, 9.17) is 11.6 Å². The summed E-state index contributed by atoms with van der Waals surface area (Å²) in [4.78, 5) is 28.2. The second kappa shape index (κ2) is 6.97. The summed E-state index contributed by atoms with van der Waals surface area (Å²) in [7, 11) is 0. The number of anilines is 1. The fourth-order valence-electron chi connectivity index (χ4n) is 2.71. The van der Waals surface area contributed by atoms with Crippen molar-refractivity contribution in [2.24, 2.45) is 5.92 Å². The number of amides is 2. The van der Waals surface area contributed by atoms with Crippen LogP contribution in [0.1, 0.15) is 20.3 Å². The predicted octanol–water partition coefficient (Wildman–Crippen LogP) is 3.12. The van der Waals surface area contributed by atoms with Crippen molar-refractivity contribution >= 4 is 29.1 Å². The molecule has 0 aliphatic carbocycles. The summed E-state index contributed by atoms with van der Waals surface area (Å²) in [5.41, 5.74) is 1.61. The molecule has 4 nitrogen and oxygen atoms in total. The monoisotopic (exact) mass is 320 g/mol.